The Kier molecular flexibility index (Phi) is 4.99. The molecule has 0 aliphatic heterocycles. The Hall–Kier alpha value is -2.56. The number of nitrogens with one attached hydrogen (secondary N) is 1. The maximum Gasteiger partial charge on any atom is 0.291 e. The summed E-state index contributed by atoms with van der Waals surface area (Å²) in [6.07, 6.45) is 6.74. The van der Waals surface area contributed by atoms with E-state index in [2.05, 4.69) is 5.32 Å². The van der Waals surface area contributed by atoms with Crippen molar-refractivity contribution in [1.82, 2.24) is 0 Å². The molecule has 2 aromatic rings. The van der Waals surface area contributed by atoms with Gasteiger partial charge in [-0.1, -0.05) is 19.3 Å². The summed E-state index contributed by atoms with van der Waals surface area (Å²) in [5.41, 5.74) is 1.08. The summed E-state index contributed by atoms with van der Waals surface area (Å²) in [6, 6.07) is 8.40. The molecule has 0 bridgehead atoms. The zero-order valence-corrected chi connectivity index (χ0v) is 13.7. The molecule has 0 atom stereocenters. The highest BCUT2D eigenvalue weighted by molar-refractivity contribution is 6.05. The number of Topliss-reactive ketones (excluding diaryl/α,β-unsaturated/α-hetero) is 1. The van der Waals surface area contributed by atoms with Gasteiger partial charge in [0.05, 0.1) is 19.1 Å². The highest BCUT2D eigenvalue weighted by Gasteiger charge is 2.23. The van der Waals surface area contributed by atoms with Crippen molar-refractivity contribution >= 4 is 17.4 Å². The Morgan fingerprint density at radius 1 is 1.17 bits per heavy atom. The van der Waals surface area contributed by atoms with E-state index in [0.29, 0.717) is 17.0 Å². The predicted octanol–water partition coefficient (Wildman–Crippen LogP) is 4.30. The lowest BCUT2D eigenvalue weighted by molar-refractivity contribution is 0.0888. The molecule has 3 rings (SSSR count). The van der Waals surface area contributed by atoms with Crippen LogP contribution in [0.2, 0.25) is 0 Å². The van der Waals surface area contributed by atoms with Crippen LogP contribution in [0.4, 0.5) is 5.69 Å². The molecule has 1 aliphatic rings. The average Bonchev–Trinajstić information content (AvgIpc) is 3.16. The summed E-state index contributed by atoms with van der Waals surface area (Å²) in [5.74, 6) is 0.573. The number of amides is 1. The van der Waals surface area contributed by atoms with Gasteiger partial charge in [0.15, 0.2) is 11.5 Å². The van der Waals surface area contributed by atoms with Crippen LogP contribution in [0, 0.1) is 5.92 Å². The van der Waals surface area contributed by atoms with Gasteiger partial charge in [-0.05, 0) is 43.2 Å². The lowest BCUT2D eigenvalue weighted by Crippen LogP contribution is -2.18. The molecule has 1 heterocycles. The molecule has 1 aliphatic carbocycles. The van der Waals surface area contributed by atoms with Crippen molar-refractivity contribution in [1.29, 1.82) is 0 Å². The van der Waals surface area contributed by atoms with E-state index < -0.39 is 0 Å². The molecule has 5 heteroatoms. The topological polar surface area (TPSA) is 68.5 Å². The first-order valence-corrected chi connectivity index (χ1v) is 8.26. The average molecular weight is 327 g/mol. The summed E-state index contributed by atoms with van der Waals surface area (Å²) >= 11 is 0. The van der Waals surface area contributed by atoms with Crippen LogP contribution < -0.4 is 10.1 Å². The van der Waals surface area contributed by atoms with Gasteiger partial charge in [-0.25, -0.2) is 0 Å². The maximum atomic E-state index is 12.7. The molecule has 1 aromatic carbocycles. The monoisotopic (exact) mass is 327 g/mol. The van der Waals surface area contributed by atoms with Crippen molar-refractivity contribution in [2.75, 3.05) is 12.4 Å². The molecule has 1 aromatic heterocycles. The molecule has 24 heavy (non-hydrogen) atoms. The third-order valence-electron chi connectivity index (χ3n) is 4.45. The van der Waals surface area contributed by atoms with Crippen LogP contribution in [-0.2, 0) is 0 Å². The smallest absolute Gasteiger partial charge is 0.291 e. The summed E-state index contributed by atoms with van der Waals surface area (Å²) < 4.78 is 10.4. The lowest BCUT2D eigenvalue weighted by atomic mass is 9.84. The van der Waals surface area contributed by atoms with Crippen molar-refractivity contribution in [2.24, 2.45) is 5.92 Å². The van der Waals surface area contributed by atoms with Crippen LogP contribution >= 0.6 is 0 Å². The minimum atomic E-state index is -0.374. The molecule has 5 nitrogen and oxygen atoms in total. The third-order valence-corrected chi connectivity index (χ3v) is 4.45. The van der Waals surface area contributed by atoms with Crippen LogP contribution in [-0.4, -0.2) is 18.8 Å². The van der Waals surface area contributed by atoms with Crippen LogP contribution in [0.3, 0.4) is 0 Å². The number of ether oxygens (including phenoxy) is 1. The van der Waals surface area contributed by atoms with E-state index in [9.17, 15) is 9.59 Å². The van der Waals surface area contributed by atoms with Crippen LogP contribution in [0.1, 0.15) is 53.0 Å². The summed E-state index contributed by atoms with van der Waals surface area (Å²) in [6.45, 7) is 0. The largest absolute Gasteiger partial charge is 0.495 e. The van der Waals surface area contributed by atoms with Gasteiger partial charge in [0.1, 0.15) is 5.75 Å². The van der Waals surface area contributed by atoms with Crippen LogP contribution in [0.5, 0.6) is 5.75 Å². The fourth-order valence-electron chi connectivity index (χ4n) is 3.15. The van der Waals surface area contributed by atoms with Gasteiger partial charge >= 0.3 is 0 Å². The highest BCUT2D eigenvalue weighted by atomic mass is 16.5. The second kappa shape index (κ2) is 7.34. The number of hydrogen-bond acceptors (Lipinski definition) is 4. The molecule has 0 spiro atoms. The van der Waals surface area contributed by atoms with E-state index in [-0.39, 0.29) is 23.4 Å². The van der Waals surface area contributed by atoms with Crippen LogP contribution in [0.25, 0.3) is 0 Å². The number of methoxy groups -OCH3 is 1. The number of benzene rings is 1. The number of ketones is 1. The van der Waals surface area contributed by atoms with Crippen molar-refractivity contribution < 1.29 is 18.7 Å². The van der Waals surface area contributed by atoms with Gasteiger partial charge in [0.2, 0.25) is 0 Å². The lowest BCUT2D eigenvalue weighted by Gasteiger charge is -2.21. The minimum absolute atomic E-state index is 0.0840. The molecular formula is C19H21NO4. The molecule has 0 unspecified atom stereocenters. The number of carbonyl (C=O) groups is 2. The molecule has 1 amide bonds. The fourth-order valence-corrected chi connectivity index (χ4v) is 3.15. The normalized spacial score (nSPS) is 15.0. The molecule has 1 N–H and O–H groups in total. The van der Waals surface area contributed by atoms with Gasteiger partial charge in [0.25, 0.3) is 5.91 Å². The fraction of sp³-hybridized carbons (Fsp3) is 0.368. The SMILES string of the molecule is COc1ccc(C(=O)C2CCCCC2)cc1NC(=O)c1ccco1. The molecule has 1 saturated carbocycles. The number of carbonyl (C=O) groups excluding carboxylic acids is 2. The number of anilines is 1. The van der Waals surface area contributed by atoms with E-state index in [0.717, 1.165) is 25.7 Å². The first-order valence-electron chi connectivity index (χ1n) is 8.26. The van der Waals surface area contributed by atoms with Crippen molar-refractivity contribution in [2.45, 2.75) is 32.1 Å². The van der Waals surface area contributed by atoms with E-state index in [1.54, 1.807) is 30.3 Å². The standard InChI is InChI=1S/C19H21NO4/c1-23-16-10-9-14(18(21)13-6-3-2-4-7-13)12-15(16)20-19(22)17-8-5-11-24-17/h5,8-13H,2-4,6-7H2,1H3,(H,20,22). The second-order valence-electron chi connectivity index (χ2n) is 6.05. The van der Waals surface area contributed by atoms with Gasteiger partial charge < -0.3 is 14.5 Å². The third kappa shape index (κ3) is 3.50. The van der Waals surface area contributed by atoms with Gasteiger partial charge in [0, 0.05) is 11.5 Å². The first-order chi connectivity index (χ1) is 11.7. The van der Waals surface area contributed by atoms with Crippen molar-refractivity contribution in [3.63, 3.8) is 0 Å². The molecule has 126 valence electrons. The highest BCUT2D eigenvalue weighted by Crippen LogP contribution is 2.31. The quantitative estimate of drug-likeness (QED) is 0.831. The first kappa shape index (κ1) is 16.3. The molecule has 1 fully saturated rings. The Balaban J connectivity index is 1.82. The van der Waals surface area contributed by atoms with Gasteiger partial charge in [-0.15, -0.1) is 0 Å². The predicted molar refractivity (Wildman–Crippen MR) is 90.6 cm³/mol. The maximum absolute atomic E-state index is 12.7. The van der Waals surface area contributed by atoms with E-state index >= 15 is 0 Å². The van der Waals surface area contributed by atoms with E-state index in [1.165, 1.54) is 19.8 Å². The Labute approximate surface area is 141 Å². The second-order valence-corrected chi connectivity index (χ2v) is 6.05. The zero-order chi connectivity index (χ0) is 16.9. The summed E-state index contributed by atoms with van der Waals surface area (Å²) in [5, 5.41) is 2.75. The Morgan fingerprint density at radius 3 is 2.62 bits per heavy atom. The summed E-state index contributed by atoms with van der Waals surface area (Å²) in [7, 11) is 1.53. The Bertz CT molecular complexity index is 715. The Morgan fingerprint density at radius 2 is 1.96 bits per heavy atom. The van der Waals surface area contributed by atoms with Crippen LogP contribution in [0.15, 0.2) is 41.0 Å². The summed E-state index contributed by atoms with van der Waals surface area (Å²) in [4.78, 5) is 24.9. The van der Waals surface area contributed by atoms with Crippen molar-refractivity contribution in [3.8, 4) is 5.75 Å². The van der Waals surface area contributed by atoms with E-state index in [1.807, 2.05) is 0 Å². The molecule has 0 radical (unpaired) electrons. The number of furan rings is 1. The number of rotatable bonds is 5. The number of hydrogen-bond donors (Lipinski definition) is 1. The van der Waals surface area contributed by atoms with E-state index in [4.69, 9.17) is 9.15 Å². The van der Waals surface area contributed by atoms with Gasteiger partial charge in [-0.2, -0.15) is 0 Å². The zero-order valence-electron chi connectivity index (χ0n) is 13.7. The van der Waals surface area contributed by atoms with Crippen molar-refractivity contribution in [3.05, 3.63) is 47.9 Å². The molecule has 0 saturated heterocycles. The minimum Gasteiger partial charge on any atom is -0.495 e. The molecular weight excluding hydrogens is 306 g/mol. The van der Waals surface area contributed by atoms with Gasteiger partial charge in [-0.3, -0.25) is 9.59 Å².